The van der Waals surface area contributed by atoms with Crippen LogP contribution in [0.1, 0.15) is 27.3 Å². The van der Waals surface area contributed by atoms with Crippen LogP contribution in [0.3, 0.4) is 0 Å². The van der Waals surface area contributed by atoms with Crippen molar-refractivity contribution in [3.8, 4) is 0 Å². The average Bonchev–Trinajstić information content (AvgIpc) is 2.68. The van der Waals surface area contributed by atoms with E-state index in [-0.39, 0.29) is 5.69 Å². The Hall–Kier alpha value is -3.30. The second-order valence-corrected chi connectivity index (χ2v) is 7.67. The smallest absolute Gasteiger partial charge is 0.267 e. The topological polar surface area (TPSA) is 110 Å². The van der Waals surface area contributed by atoms with E-state index in [2.05, 4.69) is 20.5 Å². The Balaban J connectivity index is 1.76. The van der Waals surface area contributed by atoms with Gasteiger partial charge < -0.3 is 0 Å². The lowest BCUT2D eigenvalue weighted by atomic mass is 10.2. The van der Waals surface area contributed by atoms with E-state index in [1.54, 1.807) is 30.3 Å². The summed E-state index contributed by atoms with van der Waals surface area (Å²) in [6.45, 7) is 3.68. The van der Waals surface area contributed by atoms with Crippen LogP contribution in [0.4, 0.5) is 5.69 Å². The van der Waals surface area contributed by atoms with Crippen LogP contribution in [0.15, 0.2) is 63.7 Å². The predicted octanol–water partition coefficient (Wildman–Crippen LogP) is 4.57. The molecule has 10 heteroatoms. The lowest BCUT2D eigenvalue weighted by Crippen LogP contribution is -2.17. The van der Waals surface area contributed by atoms with Crippen molar-refractivity contribution in [1.29, 1.82) is 0 Å². The SMILES string of the molecule is Cc1cc(C)nc(Sc2ccc(/C=N/NC(=O)c3cccc(Cl)c3)cc2[N+](=O)[O-])n1. The third kappa shape index (κ3) is 5.62. The van der Waals surface area contributed by atoms with Crippen molar-refractivity contribution in [2.75, 3.05) is 0 Å². The number of hydrogen-bond acceptors (Lipinski definition) is 7. The number of nitrogens with one attached hydrogen (secondary N) is 1. The number of carbonyl (C=O) groups is 1. The summed E-state index contributed by atoms with van der Waals surface area (Å²) in [5.41, 5.74) is 4.64. The molecule has 0 radical (unpaired) electrons. The number of nitro benzene ring substituents is 1. The van der Waals surface area contributed by atoms with Gasteiger partial charge in [0, 0.05) is 33.6 Å². The summed E-state index contributed by atoms with van der Waals surface area (Å²) >= 11 is 6.98. The fraction of sp³-hybridized carbons (Fsp3) is 0.100. The zero-order chi connectivity index (χ0) is 21.7. The summed E-state index contributed by atoms with van der Waals surface area (Å²) in [5, 5.41) is 16.3. The van der Waals surface area contributed by atoms with E-state index >= 15 is 0 Å². The van der Waals surface area contributed by atoms with Gasteiger partial charge >= 0.3 is 0 Å². The van der Waals surface area contributed by atoms with Crippen LogP contribution in [0.5, 0.6) is 0 Å². The molecule has 1 aromatic heterocycles. The molecule has 0 aliphatic heterocycles. The van der Waals surface area contributed by atoms with Crippen molar-refractivity contribution in [3.05, 3.63) is 86.2 Å². The van der Waals surface area contributed by atoms with Crippen molar-refractivity contribution >= 4 is 41.2 Å². The highest BCUT2D eigenvalue weighted by Gasteiger charge is 2.17. The lowest BCUT2D eigenvalue weighted by molar-refractivity contribution is -0.387. The summed E-state index contributed by atoms with van der Waals surface area (Å²) in [6, 6.07) is 12.9. The highest BCUT2D eigenvalue weighted by Crippen LogP contribution is 2.33. The minimum absolute atomic E-state index is 0.104. The molecule has 1 heterocycles. The first-order valence-electron chi connectivity index (χ1n) is 8.69. The number of amides is 1. The quantitative estimate of drug-likeness (QED) is 0.259. The Morgan fingerprint density at radius 3 is 2.57 bits per heavy atom. The molecule has 0 unspecified atom stereocenters. The lowest BCUT2D eigenvalue weighted by Gasteiger charge is -2.05. The van der Waals surface area contributed by atoms with E-state index in [9.17, 15) is 14.9 Å². The molecule has 152 valence electrons. The number of hydrazone groups is 1. The van der Waals surface area contributed by atoms with Gasteiger partial charge in [0.25, 0.3) is 11.6 Å². The summed E-state index contributed by atoms with van der Waals surface area (Å²) in [7, 11) is 0. The molecule has 30 heavy (non-hydrogen) atoms. The molecule has 0 fully saturated rings. The Kier molecular flexibility index (Phi) is 6.76. The van der Waals surface area contributed by atoms with Gasteiger partial charge in [-0.2, -0.15) is 5.10 Å². The minimum Gasteiger partial charge on any atom is -0.267 e. The number of rotatable bonds is 6. The normalized spacial score (nSPS) is 10.9. The highest BCUT2D eigenvalue weighted by atomic mass is 35.5. The molecular weight excluding hydrogens is 426 g/mol. The van der Waals surface area contributed by atoms with Gasteiger partial charge in [-0.1, -0.05) is 23.7 Å². The van der Waals surface area contributed by atoms with E-state index in [4.69, 9.17) is 11.6 Å². The third-order valence-electron chi connectivity index (χ3n) is 3.81. The molecule has 0 saturated heterocycles. The second-order valence-electron chi connectivity index (χ2n) is 6.23. The first-order chi connectivity index (χ1) is 14.3. The van der Waals surface area contributed by atoms with Gasteiger partial charge in [0.1, 0.15) is 0 Å². The number of nitrogens with zero attached hydrogens (tertiary/aromatic N) is 4. The summed E-state index contributed by atoms with van der Waals surface area (Å²) in [5.74, 6) is -0.442. The molecule has 0 aliphatic rings. The number of benzene rings is 2. The fourth-order valence-corrected chi connectivity index (χ4v) is 3.68. The van der Waals surface area contributed by atoms with E-state index < -0.39 is 10.8 Å². The van der Waals surface area contributed by atoms with Crippen molar-refractivity contribution in [1.82, 2.24) is 15.4 Å². The molecule has 8 nitrogen and oxygen atoms in total. The van der Waals surface area contributed by atoms with Crippen molar-refractivity contribution < 1.29 is 9.72 Å². The molecule has 1 N–H and O–H groups in total. The Morgan fingerprint density at radius 2 is 1.90 bits per heavy atom. The molecule has 3 rings (SSSR count). The molecule has 0 aliphatic carbocycles. The van der Waals surface area contributed by atoms with E-state index in [0.29, 0.717) is 26.2 Å². The van der Waals surface area contributed by atoms with Crippen LogP contribution in [0, 0.1) is 24.0 Å². The first kappa shape index (κ1) is 21.4. The van der Waals surface area contributed by atoms with Crippen molar-refractivity contribution in [2.24, 2.45) is 5.10 Å². The van der Waals surface area contributed by atoms with Gasteiger partial charge in [0.2, 0.25) is 0 Å². The number of hydrogen-bond donors (Lipinski definition) is 1. The molecule has 1 amide bonds. The summed E-state index contributed by atoms with van der Waals surface area (Å²) in [4.78, 5) is 32.1. The first-order valence-corrected chi connectivity index (χ1v) is 9.89. The molecule has 0 spiro atoms. The molecule has 0 saturated carbocycles. The fourth-order valence-electron chi connectivity index (χ4n) is 2.54. The van der Waals surface area contributed by atoms with Crippen molar-refractivity contribution in [2.45, 2.75) is 23.9 Å². The maximum atomic E-state index is 12.1. The standard InChI is InChI=1S/C20H16ClN5O3S/c1-12-8-13(2)24-20(23-12)30-18-7-6-14(9-17(18)26(28)29)11-22-25-19(27)15-4-3-5-16(21)10-15/h3-11H,1-2H3,(H,25,27)/b22-11+. The van der Waals surface area contributed by atoms with Crippen LogP contribution >= 0.6 is 23.4 Å². The number of aromatic nitrogens is 2. The molecule has 2 aromatic carbocycles. The zero-order valence-electron chi connectivity index (χ0n) is 16.0. The number of carbonyl (C=O) groups excluding carboxylic acids is 1. The summed E-state index contributed by atoms with van der Waals surface area (Å²) < 4.78 is 0. The number of aryl methyl sites for hydroxylation is 2. The molecule has 3 aromatic rings. The molecule has 0 bridgehead atoms. The van der Waals surface area contributed by atoms with Crippen LogP contribution in [0.25, 0.3) is 0 Å². The maximum absolute atomic E-state index is 12.1. The zero-order valence-corrected chi connectivity index (χ0v) is 17.6. The van der Waals surface area contributed by atoms with Gasteiger partial charge in [0.15, 0.2) is 5.16 Å². The van der Waals surface area contributed by atoms with Crippen LogP contribution in [0.2, 0.25) is 5.02 Å². The molecule has 0 atom stereocenters. The largest absolute Gasteiger partial charge is 0.283 e. The third-order valence-corrected chi connectivity index (χ3v) is 4.97. The Morgan fingerprint density at radius 1 is 1.17 bits per heavy atom. The van der Waals surface area contributed by atoms with E-state index in [1.165, 1.54) is 18.3 Å². The summed E-state index contributed by atoms with van der Waals surface area (Å²) in [6.07, 6.45) is 1.33. The van der Waals surface area contributed by atoms with E-state index in [0.717, 1.165) is 23.1 Å². The minimum atomic E-state index is -0.479. The van der Waals surface area contributed by atoms with Crippen LogP contribution in [-0.4, -0.2) is 27.0 Å². The molecular formula is C20H16ClN5O3S. The van der Waals surface area contributed by atoms with Crippen molar-refractivity contribution in [3.63, 3.8) is 0 Å². The second kappa shape index (κ2) is 9.47. The Bertz CT molecular complexity index is 1130. The van der Waals surface area contributed by atoms with Crippen LogP contribution < -0.4 is 5.43 Å². The average molecular weight is 442 g/mol. The van der Waals surface area contributed by atoms with Gasteiger partial charge in [-0.25, -0.2) is 15.4 Å². The number of nitro groups is 1. The number of halogens is 1. The van der Waals surface area contributed by atoms with Gasteiger partial charge in [-0.15, -0.1) is 0 Å². The van der Waals surface area contributed by atoms with Crippen LogP contribution in [-0.2, 0) is 0 Å². The van der Waals surface area contributed by atoms with E-state index in [1.807, 2.05) is 19.9 Å². The highest BCUT2D eigenvalue weighted by molar-refractivity contribution is 7.99. The predicted molar refractivity (Wildman–Crippen MR) is 115 cm³/mol. The van der Waals surface area contributed by atoms with Gasteiger partial charge in [-0.3, -0.25) is 14.9 Å². The van der Waals surface area contributed by atoms with Gasteiger partial charge in [0.05, 0.1) is 16.0 Å². The Labute approximate surface area is 181 Å². The van der Waals surface area contributed by atoms with Gasteiger partial charge in [-0.05, 0) is 55.9 Å². The maximum Gasteiger partial charge on any atom is 0.283 e. The monoisotopic (exact) mass is 441 g/mol.